The number of anilines is 1. The van der Waals surface area contributed by atoms with E-state index in [0.29, 0.717) is 37.6 Å². The number of amides is 1. The summed E-state index contributed by atoms with van der Waals surface area (Å²) in [6.45, 7) is 5.61. The third-order valence-electron chi connectivity index (χ3n) is 4.58. The van der Waals surface area contributed by atoms with Crippen LogP contribution in [0, 0.1) is 31.0 Å². The van der Waals surface area contributed by atoms with Gasteiger partial charge in [0.05, 0.1) is 16.3 Å². The molecule has 0 spiro atoms. The fourth-order valence-corrected chi connectivity index (χ4v) is 3.15. The second-order valence-corrected chi connectivity index (χ2v) is 6.53. The van der Waals surface area contributed by atoms with Gasteiger partial charge in [-0.15, -0.1) is 5.10 Å². The van der Waals surface area contributed by atoms with Gasteiger partial charge >= 0.3 is 0 Å². The lowest BCUT2D eigenvalue weighted by Crippen LogP contribution is -2.49. The molecule has 0 N–H and O–H groups in total. The first-order valence-corrected chi connectivity index (χ1v) is 8.53. The molecule has 0 unspecified atom stereocenters. The van der Waals surface area contributed by atoms with Gasteiger partial charge in [0, 0.05) is 26.2 Å². The van der Waals surface area contributed by atoms with Crippen molar-refractivity contribution in [2.75, 3.05) is 31.1 Å². The Morgan fingerprint density at radius 3 is 2.54 bits per heavy atom. The Bertz CT molecular complexity index is 903. The standard InChI is InChI=1S/C18H17ClFN5O/c1-11-12(2)22-23-17(15(11)10-21)24-5-7-25(8-6-24)18(26)14-4-3-13(20)9-16(14)19/h3-4,9H,5-8H2,1-2H3. The molecule has 2 heterocycles. The molecule has 2 aromatic rings. The van der Waals surface area contributed by atoms with Crippen LogP contribution >= 0.6 is 11.6 Å². The molecule has 8 heteroatoms. The van der Waals surface area contributed by atoms with Crippen molar-refractivity contribution < 1.29 is 9.18 Å². The molecule has 6 nitrogen and oxygen atoms in total. The van der Waals surface area contributed by atoms with E-state index in [-0.39, 0.29) is 16.5 Å². The van der Waals surface area contributed by atoms with Crippen LogP contribution in [0.3, 0.4) is 0 Å². The Kier molecular flexibility index (Phi) is 5.05. The molecule has 0 aliphatic carbocycles. The average Bonchev–Trinajstić information content (AvgIpc) is 2.63. The fourth-order valence-electron chi connectivity index (χ4n) is 2.91. The van der Waals surface area contributed by atoms with E-state index in [1.165, 1.54) is 12.1 Å². The van der Waals surface area contributed by atoms with Gasteiger partial charge in [-0.1, -0.05) is 11.6 Å². The predicted octanol–water partition coefficient (Wildman–Crippen LogP) is 2.72. The summed E-state index contributed by atoms with van der Waals surface area (Å²) < 4.78 is 13.2. The van der Waals surface area contributed by atoms with Crippen molar-refractivity contribution in [3.05, 3.63) is 51.4 Å². The molecule has 1 aromatic carbocycles. The van der Waals surface area contributed by atoms with E-state index in [0.717, 1.165) is 17.3 Å². The van der Waals surface area contributed by atoms with Gasteiger partial charge in [-0.25, -0.2) is 4.39 Å². The molecule has 1 saturated heterocycles. The summed E-state index contributed by atoms with van der Waals surface area (Å²) >= 11 is 5.99. The molecule has 26 heavy (non-hydrogen) atoms. The van der Waals surface area contributed by atoms with Crippen molar-refractivity contribution in [2.24, 2.45) is 0 Å². The summed E-state index contributed by atoms with van der Waals surface area (Å²) in [7, 11) is 0. The third kappa shape index (κ3) is 3.33. The smallest absolute Gasteiger partial charge is 0.255 e. The Labute approximate surface area is 155 Å². The number of benzene rings is 1. The minimum atomic E-state index is -0.478. The maximum Gasteiger partial charge on any atom is 0.255 e. The predicted molar refractivity (Wildman–Crippen MR) is 95.7 cm³/mol. The van der Waals surface area contributed by atoms with Crippen molar-refractivity contribution in [2.45, 2.75) is 13.8 Å². The molecule has 0 saturated carbocycles. The molecular weight excluding hydrogens is 357 g/mol. The topological polar surface area (TPSA) is 73.1 Å². The van der Waals surface area contributed by atoms with Crippen LogP contribution in [0.25, 0.3) is 0 Å². The number of nitriles is 1. The van der Waals surface area contributed by atoms with Crippen molar-refractivity contribution in [3.63, 3.8) is 0 Å². The third-order valence-corrected chi connectivity index (χ3v) is 4.89. The molecule has 1 aromatic heterocycles. The second-order valence-electron chi connectivity index (χ2n) is 6.12. The molecule has 134 valence electrons. The first kappa shape index (κ1) is 18.1. The van der Waals surface area contributed by atoms with Crippen LogP contribution in [0.1, 0.15) is 27.2 Å². The molecule has 1 aliphatic rings. The Morgan fingerprint density at radius 1 is 1.23 bits per heavy atom. The molecule has 1 amide bonds. The highest BCUT2D eigenvalue weighted by atomic mass is 35.5. The number of nitrogens with zero attached hydrogens (tertiary/aromatic N) is 5. The summed E-state index contributed by atoms with van der Waals surface area (Å²) in [5, 5.41) is 17.8. The molecule has 0 atom stereocenters. The lowest BCUT2D eigenvalue weighted by molar-refractivity contribution is 0.0746. The first-order chi connectivity index (χ1) is 12.4. The number of piperazine rings is 1. The van der Waals surface area contributed by atoms with E-state index in [9.17, 15) is 14.4 Å². The monoisotopic (exact) mass is 373 g/mol. The normalized spacial score (nSPS) is 14.3. The number of halogens is 2. The summed E-state index contributed by atoms with van der Waals surface area (Å²) in [4.78, 5) is 16.2. The van der Waals surface area contributed by atoms with Gasteiger partial charge in [-0.3, -0.25) is 4.79 Å². The second kappa shape index (κ2) is 7.26. The van der Waals surface area contributed by atoms with Gasteiger partial charge < -0.3 is 9.80 Å². The van der Waals surface area contributed by atoms with Crippen LogP contribution in [0.4, 0.5) is 10.2 Å². The van der Waals surface area contributed by atoms with Crippen molar-refractivity contribution in [1.82, 2.24) is 15.1 Å². The van der Waals surface area contributed by atoms with Crippen LogP contribution in [0.5, 0.6) is 0 Å². The lowest BCUT2D eigenvalue weighted by atomic mass is 10.1. The van der Waals surface area contributed by atoms with Crippen LogP contribution in [-0.4, -0.2) is 47.2 Å². The maximum absolute atomic E-state index is 13.2. The van der Waals surface area contributed by atoms with Gasteiger partial charge in [0.1, 0.15) is 17.4 Å². The lowest BCUT2D eigenvalue weighted by Gasteiger charge is -2.35. The van der Waals surface area contributed by atoms with E-state index in [2.05, 4.69) is 16.3 Å². The summed E-state index contributed by atoms with van der Waals surface area (Å²) in [6.07, 6.45) is 0. The average molecular weight is 374 g/mol. The quantitative estimate of drug-likeness (QED) is 0.809. The number of hydrogen-bond donors (Lipinski definition) is 0. The summed E-state index contributed by atoms with van der Waals surface area (Å²) in [5.74, 6) is -0.169. The number of aryl methyl sites for hydroxylation is 1. The van der Waals surface area contributed by atoms with Gasteiger partial charge in [0.15, 0.2) is 5.82 Å². The minimum absolute atomic E-state index is 0.101. The van der Waals surface area contributed by atoms with Crippen LogP contribution in [0.15, 0.2) is 18.2 Å². The van der Waals surface area contributed by atoms with E-state index >= 15 is 0 Å². The van der Waals surface area contributed by atoms with E-state index in [4.69, 9.17) is 11.6 Å². The van der Waals surface area contributed by atoms with Crippen LogP contribution in [0.2, 0.25) is 5.02 Å². The number of rotatable bonds is 2. The van der Waals surface area contributed by atoms with E-state index in [1.807, 2.05) is 18.7 Å². The Balaban J connectivity index is 1.75. The van der Waals surface area contributed by atoms with Crippen molar-refractivity contribution in [1.29, 1.82) is 5.26 Å². The van der Waals surface area contributed by atoms with Gasteiger partial charge in [0.25, 0.3) is 5.91 Å². The zero-order valence-electron chi connectivity index (χ0n) is 14.5. The molecular formula is C18H17ClFN5O. The molecule has 0 bridgehead atoms. The zero-order valence-corrected chi connectivity index (χ0v) is 15.2. The SMILES string of the molecule is Cc1nnc(N2CCN(C(=O)c3ccc(F)cc3Cl)CC2)c(C#N)c1C. The molecule has 1 aliphatic heterocycles. The largest absolute Gasteiger partial charge is 0.350 e. The first-order valence-electron chi connectivity index (χ1n) is 8.15. The minimum Gasteiger partial charge on any atom is -0.350 e. The van der Waals surface area contributed by atoms with Gasteiger partial charge in [-0.2, -0.15) is 10.4 Å². The summed E-state index contributed by atoms with van der Waals surface area (Å²) in [5.41, 5.74) is 2.34. The van der Waals surface area contributed by atoms with E-state index in [1.54, 1.807) is 4.90 Å². The highest BCUT2D eigenvalue weighted by molar-refractivity contribution is 6.33. The Morgan fingerprint density at radius 2 is 1.92 bits per heavy atom. The fraction of sp³-hybridized carbons (Fsp3) is 0.333. The zero-order chi connectivity index (χ0) is 18.8. The van der Waals surface area contributed by atoms with Gasteiger partial charge in [-0.05, 0) is 37.6 Å². The van der Waals surface area contributed by atoms with Crippen molar-refractivity contribution in [3.8, 4) is 6.07 Å². The number of carbonyl (C=O) groups excluding carboxylic acids is 1. The van der Waals surface area contributed by atoms with E-state index < -0.39 is 5.82 Å². The highest BCUT2D eigenvalue weighted by Crippen LogP contribution is 2.24. The van der Waals surface area contributed by atoms with Crippen LogP contribution < -0.4 is 4.90 Å². The van der Waals surface area contributed by atoms with Crippen LogP contribution in [-0.2, 0) is 0 Å². The summed E-state index contributed by atoms with van der Waals surface area (Å²) in [6, 6.07) is 5.95. The van der Waals surface area contributed by atoms with Gasteiger partial charge in [0.2, 0.25) is 0 Å². The molecule has 3 rings (SSSR count). The van der Waals surface area contributed by atoms with Crippen molar-refractivity contribution >= 4 is 23.3 Å². The number of carbonyl (C=O) groups is 1. The Hall–Kier alpha value is -2.72. The molecule has 0 radical (unpaired) electrons. The number of aromatic nitrogens is 2. The maximum atomic E-state index is 13.2. The highest BCUT2D eigenvalue weighted by Gasteiger charge is 2.26. The number of hydrogen-bond acceptors (Lipinski definition) is 5. The molecule has 1 fully saturated rings.